The number of ether oxygens (including phenoxy) is 2. The average Bonchev–Trinajstić information content (AvgIpc) is 3.35. The number of rotatable bonds is 4. The Labute approximate surface area is 192 Å². The SMILES string of the molecule is CCc1ccc(C(=O)N2CCC3(CC2)Oc2cc(C(=O)O)ccc2-n2cccc23)cc1OC. The van der Waals surface area contributed by atoms with Crippen LogP contribution >= 0.6 is 0 Å². The van der Waals surface area contributed by atoms with Gasteiger partial charge in [0.25, 0.3) is 5.91 Å². The van der Waals surface area contributed by atoms with Gasteiger partial charge in [-0.25, -0.2) is 4.79 Å². The van der Waals surface area contributed by atoms with E-state index >= 15 is 0 Å². The van der Waals surface area contributed by atoms with E-state index in [1.54, 1.807) is 25.3 Å². The molecule has 3 aromatic rings. The predicted molar refractivity (Wildman–Crippen MR) is 123 cm³/mol. The number of carboxylic acid groups (broad SMARTS) is 1. The van der Waals surface area contributed by atoms with Crippen molar-refractivity contribution in [2.75, 3.05) is 20.2 Å². The third kappa shape index (κ3) is 3.44. The van der Waals surface area contributed by atoms with Crippen LogP contribution in [-0.4, -0.2) is 46.6 Å². The number of fused-ring (bicyclic) bond motifs is 4. The number of methoxy groups -OCH3 is 1. The summed E-state index contributed by atoms with van der Waals surface area (Å²) in [5, 5.41) is 9.40. The summed E-state index contributed by atoms with van der Waals surface area (Å²) in [6.07, 6.45) is 4.04. The molecule has 0 atom stereocenters. The van der Waals surface area contributed by atoms with Crippen molar-refractivity contribution in [2.24, 2.45) is 0 Å². The number of aryl methyl sites for hydroxylation is 1. The maximum Gasteiger partial charge on any atom is 0.335 e. The van der Waals surface area contributed by atoms with Crippen LogP contribution in [-0.2, 0) is 12.0 Å². The van der Waals surface area contributed by atoms with Crippen LogP contribution in [0.2, 0.25) is 0 Å². The Morgan fingerprint density at radius 3 is 2.55 bits per heavy atom. The average molecular weight is 447 g/mol. The Morgan fingerprint density at radius 1 is 1.09 bits per heavy atom. The number of carbonyl (C=O) groups is 2. The van der Waals surface area contributed by atoms with Crippen molar-refractivity contribution in [1.82, 2.24) is 9.47 Å². The number of carboxylic acids is 1. The van der Waals surface area contributed by atoms with Gasteiger partial charge in [0, 0.05) is 37.7 Å². The lowest BCUT2D eigenvalue weighted by molar-refractivity contribution is -0.00943. The van der Waals surface area contributed by atoms with Gasteiger partial charge in [-0.3, -0.25) is 4.79 Å². The van der Waals surface area contributed by atoms with E-state index in [4.69, 9.17) is 9.47 Å². The highest BCUT2D eigenvalue weighted by molar-refractivity contribution is 5.95. The van der Waals surface area contributed by atoms with Gasteiger partial charge in [-0.1, -0.05) is 13.0 Å². The molecule has 0 radical (unpaired) electrons. The van der Waals surface area contributed by atoms with E-state index in [1.807, 2.05) is 41.4 Å². The summed E-state index contributed by atoms with van der Waals surface area (Å²) < 4.78 is 14.0. The van der Waals surface area contributed by atoms with Gasteiger partial charge < -0.3 is 24.0 Å². The molecular formula is C26H26N2O5. The van der Waals surface area contributed by atoms with Crippen LogP contribution in [0.25, 0.3) is 5.69 Å². The lowest BCUT2D eigenvalue weighted by Gasteiger charge is -2.45. The quantitative estimate of drug-likeness (QED) is 0.647. The van der Waals surface area contributed by atoms with Crippen LogP contribution in [0.1, 0.15) is 51.7 Å². The fourth-order valence-corrected chi connectivity index (χ4v) is 4.93. The maximum absolute atomic E-state index is 13.2. The molecule has 33 heavy (non-hydrogen) atoms. The molecule has 1 saturated heterocycles. The molecule has 1 aromatic heterocycles. The smallest absolute Gasteiger partial charge is 0.335 e. The Hall–Kier alpha value is -3.74. The minimum atomic E-state index is -0.987. The maximum atomic E-state index is 13.2. The van der Waals surface area contributed by atoms with Crippen molar-refractivity contribution in [3.05, 3.63) is 77.1 Å². The molecule has 0 saturated carbocycles. The van der Waals surface area contributed by atoms with Gasteiger partial charge in [0.15, 0.2) is 5.60 Å². The number of nitrogens with zero attached hydrogens (tertiary/aromatic N) is 2. The monoisotopic (exact) mass is 446 g/mol. The third-order valence-electron chi connectivity index (χ3n) is 6.76. The van der Waals surface area contributed by atoms with Crippen molar-refractivity contribution in [1.29, 1.82) is 0 Å². The normalized spacial score (nSPS) is 16.0. The molecular weight excluding hydrogens is 420 g/mol. The number of aromatic nitrogens is 1. The molecule has 7 nitrogen and oxygen atoms in total. The first-order valence-electron chi connectivity index (χ1n) is 11.2. The molecule has 5 rings (SSSR count). The van der Waals surface area contributed by atoms with Crippen LogP contribution in [0.5, 0.6) is 11.5 Å². The van der Waals surface area contributed by atoms with E-state index in [1.165, 1.54) is 0 Å². The van der Waals surface area contributed by atoms with Gasteiger partial charge in [0.2, 0.25) is 0 Å². The Balaban J connectivity index is 1.40. The third-order valence-corrected chi connectivity index (χ3v) is 6.76. The molecule has 3 heterocycles. The first kappa shape index (κ1) is 21.1. The molecule has 1 spiro atoms. The first-order valence-corrected chi connectivity index (χ1v) is 11.2. The van der Waals surface area contributed by atoms with Gasteiger partial charge >= 0.3 is 5.97 Å². The van der Waals surface area contributed by atoms with Gasteiger partial charge in [0.05, 0.1) is 24.1 Å². The fraction of sp³-hybridized carbons (Fsp3) is 0.308. The molecule has 1 amide bonds. The summed E-state index contributed by atoms with van der Waals surface area (Å²) in [6, 6.07) is 14.6. The molecule has 2 aromatic carbocycles. The van der Waals surface area contributed by atoms with E-state index in [9.17, 15) is 14.7 Å². The van der Waals surface area contributed by atoms with Gasteiger partial charge in [-0.05, 0) is 54.4 Å². The van der Waals surface area contributed by atoms with E-state index in [0.29, 0.717) is 37.2 Å². The van der Waals surface area contributed by atoms with Crippen molar-refractivity contribution in [3.63, 3.8) is 0 Å². The second-order valence-electron chi connectivity index (χ2n) is 8.52. The van der Waals surface area contributed by atoms with Crippen molar-refractivity contribution in [2.45, 2.75) is 31.8 Å². The van der Waals surface area contributed by atoms with E-state index < -0.39 is 11.6 Å². The second-order valence-corrected chi connectivity index (χ2v) is 8.52. The lowest BCUT2D eigenvalue weighted by Crippen LogP contribution is -2.50. The standard InChI is InChI=1S/C26H26N2O5/c1-3-17-6-7-18(15-21(17)32-2)24(29)27-13-10-26(11-14-27)23-5-4-12-28(23)20-9-8-19(25(30)31)16-22(20)33-26/h4-9,12,15-16H,3,10-11,13-14H2,1-2H3,(H,30,31). The molecule has 170 valence electrons. The summed E-state index contributed by atoms with van der Waals surface area (Å²) in [5.74, 6) is 0.277. The number of amides is 1. The summed E-state index contributed by atoms with van der Waals surface area (Å²) in [5.41, 5.74) is 3.13. The number of benzene rings is 2. The Bertz CT molecular complexity index is 1240. The van der Waals surface area contributed by atoms with Crippen LogP contribution in [0.4, 0.5) is 0 Å². The number of aromatic carboxylic acids is 1. The molecule has 2 aliphatic rings. The molecule has 1 fully saturated rings. The minimum Gasteiger partial charge on any atom is -0.496 e. The molecule has 7 heteroatoms. The van der Waals surface area contributed by atoms with Gasteiger partial charge in [-0.15, -0.1) is 0 Å². The Morgan fingerprint density at radius 2 is 1.85 bits per heavy atom. The molecule has 0 aliphatic carbocycles. The first-order chi connectivity index (χ1) is 16.0. The van der Waals surface area contributed by atoms with Crippen LogP contribution < -0.4 is 9.47 Å². The van der Waals surface area contributed by atoms with Crippen LogP contribution in [0.15, 0.2) is 54.7 Å². The molecule has 0 bridgehead atoms. The van der Waals surface area contributed by atoms with Crippen LogP contribution in [0.3, 0.4) is 0 Å². The summed E-state index contributed by atoms with van der Waals surface area (Å²) in [7, 11) is 1.62. The predicted octanol–water partition coefficient (Wildman–Crippen LogP) is 4.27. The fourth-order valence-electron chi connectivity index (χ4n) is 4.93. The summed E-state index contributed by atoms with van der Waals surface area (Å²) >= 11 is 0. The second kappa shape index (κ2) is 7.99. The summed E-state index contributed by atoms with van der Waals surface area (Å²) in [4.78, 5) is 26.5. The van der Waals surface area contributed by atoms with Crippen molar-refractivity contribution >= 4 is 11.9 Å². The van der Waals surface area contributed by atoms with Gasteiger partial charge in [0.1, 0.15) is 11.5 Å². The lowest BCUT2D eigenvalue weighted by atomic mass is 9.86. The number of piperidine rings is 1. The van der Waals surface area contributed by atoms with Crippen molar-refractivity contribution in [3.8, 4) is 17.2 Å². The Kier molecular flexibility index (Phi) is 5.12. The summed E-state index contributed by atoms with van der Waals surface area (Å²) in [6.45, 7) is 3.13. The zero-order chi connectivity index (χ0) is 23.2. The number of hydrogen-bond acceptors (Lipinski definition) is 4. The topological polar surface area (TPSA) is 81.0 Å². The minimum absolute atomic E-state index is 0.0226. The number of carbonyl (C=O) groups excluding carboxylic acids is 1. The number of likely N-dealkylation sites (tertiary alicyclic amines) is 1. The van der Waals surface area contributed by atoms with Crippen LogP contribution in [0, 0.1) is 0 Å². The van der Waals surface area contributed by atoms with Gasteiger partial charge in [-0.2, -0.15) is 0 Å². The molecule has 0 unspecified atom stereocenters. The largest absolute Gasteiger partial charge is 0.496 e. The van der Waals surface area contributed by atoms with E-state index in [-0.39, 0.29) is 11.5 Å². The van der Waals surface area contributed by atoms with Crippen molar-refractivity contribution < 1.29 is 24.2 Å². The van der Waals surface area contributed by atoms with E-state index in [2.05, 4.69) is 11.5 Å². The number of hydrogen-bond donors (Lipinski definition) is 1. The highest BCUT2D eigenvalue weighted by Gasteiger charge is 2.44. The molecule has 1 N–H and O–H groups in total. The molecule has 2 aliphatic heterocycles. The highest BCUT2D eigenvalue weighted by atomic mass is 16.5. The highest BCUT2D eigenvalue weighted by Crippen LogP contribution is 2.45. The van der Waals surface area contributed by atoms with E-state index in [0.717, 1.165) is 29.1 Å². The zero-order valence-corrected chi connectivity index (χ0v) is 18.7. The zero-order valence-electron chi connectivity index (χ0n) is 18.7.